The zero-order valence-electron chi connectivity index (χ0n) is 16.9. The van der Waals surface area contributed by atoms with Gasteiger partial charge in [0.2, 0.25) is 0 Å². The van der Waals surface area contributed by atoms with Gasteiger partial charge in [-0.05, 0) is 60.2 Å². The fourth-order valence-electron chi connectivity index (χ4n) is 3.53. The Hall–Kier alpha value is -2.42. The summed E-state index contributed by atoms with van der Waals surface area (Å²) >= 11 is 0. The third kappa shape index (κ3) is 4.89. The molecule has 148 valence electrons. The number of benzene rings is 2. The van der Waals surface area contributed by atoms with Crippen molar-refractivity contribution in [2.75, 3.05) is 0 Å². The van der Waals surface area contributed by atoms with Crippen molar-refractivity contribution >= 4 is 10.8 Å². The molecule has 3 aromatic rings. The lowest BCUT2D eigenvalue weighted by molar-refractivity contribution is 0.457. The highest BCUT2D eigenvalue weighted by atomic mass is 19.1. The molecule has 0 N–H and O–H groups in total. The number of fused-ring (bicyclic) bond motifs is 1. The molecule has 2 aromatic carbocycles. The van der Waals surface area contributed by atoms with Gasteiger partial charge in [0, 0.05) is 6.42 Å². The van der Waals surface area contributed by atoms with E-state index in [1.807, 2.05) is 6.07 Å². The fraction of sp³-hybridized carbons (Fsp3) is 0.400. The zero-order valence-corrected chi connectivity index (χ0v) is 16.9. The van der Waals surface area contributed by atoms with E-state index < -0.39 is 11.4 Å². The van der Waals surface area contributed by atoms with Crippen LogP contribution in [0.4, 0.5) is 4.39 Å². The highest BCUT2D eigenvalue weighted by molar-refractivity contribution is 5.82. The Morgan fingerprint density at radius 3 is 2.14 bits per heavy atom. The van der Waals surface area contributed by atoms with Crippen LogP contribution in [-0.2, 0) is 25.7 Å². The first-order valence-electron chi connectivity index (χ1n) is 10.4. The predicted molar refractivity (Wildman–Crippen MR) is 114 cm³/mol. The van der Waals surface area contributed by atoms with Crippen molar-refractivity contribution in [1.82, 2.24) is 0 Å². The Balaban J connectivity index is 1.75. The molecule has 0 unspecified atom stereocenters. The molecule has 0 atom stereocenters. The van der Waals surface area contributed by atoms with E-state index in [0.29, 0.717) is 29.6 Å². The number of halogens is 1. The molecule has 0 amide bonds. The molecule has 0 radical (unpaired) electrons. The van der Waals surface area contributed by atoms with Gasteiger partial charge in [0.05, 0.1) is 0 Å². The SMILES string of the molecule is CCCCc1ccc(CCc2ccc3cc(CCCC)oc(=O)c3c2F)cc1. The van der Waals surface area contributed by atoms with Gasteiger partial charge in [-0.2, -0.15) is 0 Å². The Morgan fingerprint density at radius 2 is 1.46 bits per heavy atom. The molecule has 0 spiro atoms. The minimum absolute atomic E-state index is 0.0765. The molecule has 0 saturated heterocycles. The normalized spacial score (nSPS) is 11.2. The lowest BCUT2D eigenvalue weighted by Gasteiger charge is -2.08. The monoisotopic (exact) mass is 380 g/mol. The van der Waals surface area contributed by atoms with E-state index in [2.05, 4.69) is 38.1 Å². The molecule has 0 fully saturated rings. The second kappa shape index (κ2) is 9.68. The number of hydrogen-bond donors (Lipinski definition) is 0. The van der Waals surface area contributed by atoms with Crippen molar-refractivity contribution in [2.24, 2.45) is 0 Å². The minimum atomic E-state index is -0.566. The standard InChI is InChI=1S/C25H29FO2/c1-3-5-7-18-9-11-19(12-10-18)13-14-20-15-16-21-17-22(8-6-4-2)28-25(27)23(21)24(20)26/h9-12,15-17H,3-8,13-14H2,1-2H3. The van der Waals surface area contributed by atoms with Gasteiger partial charge in [-0.3, -0.25) is 0 Å². The van der Waals surface area contributed by atoms with E-state index >= 15 is 0 Å². The molecule has 0 aliphatic rings. The first-order valence-corrected chi connectivity index (χ1v) is 10.4. The number of hydrogen-bond acceptors (Lipinski definition) is 2. The van der Waals surface area contributed by atoms with Gasteiger partial charge in [-0.1, -0.05) is 63.1 Å². The van der Waals surface area contributed by atoms with Gasteiger partial charge in [0.1, 0.15) is 17.0 Å². The maximum absolute atomic E-state index is 15.0. The summed E-state index contributed by atoms with van der Waals surface area (Å²) in [6.07, 6.45) is 7.48. The van der Waals surface area contributed by atoms with Gasteiger partial charge < -0.3 is 4.42 Å². The molecule has 0 aliphatic heterocycles. The van der Waals surface area contributed by atoms with Crippen LogP contribution >= 0.6 is 0 Å². The lowest BCUT2D eigenvalue weighted by Crippen LogP contribution is -2.07. The molecular formula is C25H29FO2. The second-order valence-electron chi connectivity index (χ2n) is 7.53. The van der Waals surface area contributed by atoms with Crippen LogP contribution < -0.4 is 5.63 Å². The third-order valence-corrected chi connectivity index (χ3v) is 5.30. The summed E-state index contributed by atoms with van der Waals surface area (Å²) in [7, 11) is 0. The van der Waals surface area contributed by atoms with Crippen molar-refractivity contribution in [3.63, 3.8) is 0 Å². The summed E-state index contributed by atoms with van der Waals surface area (Å²) in [5.74, 6) is 0.197. The molecule has 0 bridgehead atoms. The van der Waals surface area contributed by atoms with E-state index in [0.717, 1.165) is 25.7 Å². The summed E-state index contributed by atoms with van der Waals surface area (Å²) in [5.41, 5.74) is 2.53. The van der Waals surface area contributed by atoms with Crippen LogP contribution in [0.1, 0.15) is 62.0 Å². The van der Waals surface area contributed by atoms with E-state index in [4.69, 9.17) is 4.42 Å². The van der Waals surface area contributed by atoms with Gasteiger partial charge in [-0.15, -0.1) is 0 Å². The predicted octanol–water partition coefficient (Wildman–Crippen LogP) is 6.40. The van der Waals surface area contributed by atoms with Crippen LogP contribution in [0.5, 0.6) is 0 Å². The van der Waals surface area contributed by atoms with Crippen molar-refractivity contribution in [3.05, 3.63) is 81.2 Å². The summed E-state index contributed by atoms with van der Waals surface area (Å²) in [5, 5.41) is 0.705. The molecule has 1 aromatic heterocycles. The summed E-state index contributed by atoms with van der Waals surface area (Å²) in [6.45, 7) is 4.28. The van der Waals surface area contributed by atoms with Crippen molar-refractivity contribution in [2.45, 2.75) is 65.2 Å². The van der Waals surface area contributed by atoms with Crippen LogP contribution in [0.3, 0.4) is 0 Å². The summed E-state index contributed by atoms with van der Waals surface area (Å²) in [4.78, 5) is 12.3. The summed E-state index contributed by atoms with van der Waals surface area (Å²) < 4.78 is 20.3. The number of rotatable bonds is 9. The van der Waals surface area contributed by atoms with Crippen molar-refractivity contribution in [1.29, 1.82) is 0 Å². The van der Waals surface area contributed by atoms with Crippen molar-refractivity contribution in [3.8, 4) is 0 Å². The maximum Gasteiger partial charge on any atom is 0.346 e. The highest BCUT2D eigenvalue weighted by Gasteiger charge is 2.13. The topological polar surface area (TPSA) is 30.2 Å². The Kier molecular flexibility index (Phi) is 7.02. The molecule has 3 heteroatoms. The third-order valence-electron chi connectivity index (χ3n) is 5.30. The number of unbranched alkanes of at least 4 members (excludes halogenated alkanes) is 2. The molecular weight excluding hydrogens is 351 g/mol. The smallest absolute Gasteiger partial charge is 0.346 e. The van der Waals surface area contributed by atoms with E-state index in [1.165, 1.54) is 24.0 Å². The summed E-state index contributed by atoms with van der Waals surface area (Å²) in [6, 6.07) is 14.0. The molecule has 28 heavy (non-hydrogen) atoms. The lowest BCUT2D eigenvalue weighted by atomic mass is 9.99. The van der Waals surface area contributed by atoms with Crippen molar-refractivity contribution < 1.29 is 8.81 Å². The molecule has 1 heterocycles. The quantitative estimate of drug-likeness (QED) is 0.430. The van der Waals surface area contributed by atoms with E-state index in [1.54, 1.807) is 12.1 Å². The van der Waals surface area contributed by atoms with Crippen LogP contribution in [0, 0.1) is 5.82 Å². The highest BCUT2D eigenvalue weighted by Crippen LogP contribution is 2.22. The minimum Gasteiger partial charge on any atom is -0.427 e. The van der Waals surface area contributed by atoms with Crippen LogP contribution in [0.25, 0.3) is 10.8 Å². The molecule has 0 saturated carbocycles. The van der Waals surface area contributed by atoms with E-state index in [-0.39, 0.29) is 5.39 Å². The Morgan fingerprint density at radius 1 is 0.821 bits per heavy atom. The largest absolute Gasteiger partial charge is 0.427 e. The van der Waals surface area contributed by atoms with Gasteiger partial charge in [0.15, 0.2) is 0 Å². The molecule has 2 nitrogen and oxygen atoms in total. The molecule has 3 rings (SSSR count). The first kappa shape index (κ1) is 20.3. The Bertz CT molecular complexity index is 970. The zero-order chi connectivity index (χ0) is 19.9. The van der Waals surface area contributed by atoms with Crippen LogP contribution in [0.2, 0.25) is 0 Å². The Labute approximate surface area is 166 Å². The van der Waals surface area contributed by atoms with Crippen LogP contribution in [0.15, 0.2) is 51.7 Å². The second-order valence-corrected chi connectivity index (χ2v) is 7.53. The molecule has 0 aliphatic carbocycles. The average Bonchev–Trinajstić information content (AvgIpc) is 2.70. The first-order chi connectivity index (χ1) is 13.6. The van der Waals surface area contributed by atoms with Gasteiger partial charge in [-0.25, -0.2) is 9.18 Å². The van der Waals surface area contributed by atoms with Crippen LogP contribution in [-0.4, -0.2) is 0 Å². The number of aryl methyl sites for hydroxylation is 4. The average molecular weight is 381 g/mol. The van der Waals surface area contributed by atoms with E-state index in [9.17, 15) is 9.18 Å². The van der Waals surface area contributed by atoms with Gasteiger partial charge >= 0.3 is 5.63 Å². The van der Waals surface area contributed by atoms with Gasteiger partial charge in [0.25, 0.3) is 0 Å². The maximum atomic E-state index is 15.0. The fourth-order valence-corrected chi connectivity index (χ4v) is 3.53.